The molecule has 0 saturated heterocycles. The van der Waals surface area contributed by atoms with E-state index in [1.165, 1.54) is 6.92 Å². The number of benzene rings is 2. The first-order chi connectivity index (χ1) is 16.8. The van der Waals surface area contributed by atoms with Crippen LogP contribution in [-0.2, 0) is 14.3 Å². The highest BCUT2D eigenvalue weighted by atomic mass is 16.5. The number of carboxylic acid groups (broad SMARTS) is 1. The standard InChI is InChI=1S/C27H31N3O5/c1-17(26(32)33)18(2)29-25(31)24(14-4-3-9-15-28)30-27(34)35-16-23-21-12-7-5-10-19(21)20-11-6-8-13-22(20)23/h5-8,10-13,17-18,23-24H,3-4,9,14,16H2,1-2H3,(H,29,31)(H,30,34)(H,32,33). The van der Waals surface area contributed by atoms with Crippen molar-refractivity contribution in [3.05, 3.63) is 59.7 Å². The Bertz CT molecular complexity index is 1060. The van der Waals surface area contributed by atoms with Crippen LogP contribution in [0.4, 0.5) is 4.79 Å². The van der Waals surface area contributed by atoms with Crippen LogP contribution in [0.1, 0.15) is 56.6 Å². The number of aliphatic carboxylic acids is 1. The van der Waals surface area contributed by atoms with Gasteiger partial charge in [0.15, 0.2) is 0 Å². The molecule has 8 heteroatoms. The van der Waals surface area contributed by atoms with Crippen LogP contribution in [0.3, 0.4) is 0 Å². The third-order valence-electron chi connectivity index (χ3n) is 6.49. The van der Waals surface area contributed by atoms with Crippen LogP contribution in [0.25, 0.3) is 11.1 Å². The van der Waals surface area contributed by atoms with Crippen molar-refractivity contribution in [2.75, 3.05) is 6.61 Å². The monoisotopic (exact) mass is 477 g/mol. The maximum atomic E-state index is 12.8. The molecule has 0 radical (unpaired) electrons. The highest BCUT2D eigenvalue weighted by Gasteiger charge is 2.30. The largest absolute Gasteiger partial charge is 0.481 e. The van der Waals surface area contributed by atoms with Crippen molar-refractivity contribution in [3.8, 4) is 17.2 Å². The lowest BCUT2D eigenvalue weighted by molar-refractivity contribution is -0.142. The minimum Gasteiger partial charge on any atom is -0.481 e. The lowest BCUT2D eigenvalue weighted by atomic mass is 9.98. The topological polar surface area (TPSA) is 129 Å². The molecule has 3 unspecified atom stereocenters. The number of nitrogens with zero attached hydrogens (tertiary/aromatic N) is 1. The Morgan fingerprint density at radius 3 is 2.17 bits per heavy atom. The van der Waals surface area contributed by atoms with Gasteiger partial charge < -0.3 is 20.5 Å². The minimum atomic E-state index is -1.02. The Kier molecular flexibility index (Phi) is 8.85. The number of amides is 2. The van der Waals surface area contributed by atoms with E-state index in [9.17, 15) is 19.5 Å². The second kappa shape index (κ2) is 12.0. The second-order valence-electron chi connectivity index (χ2n) is 8.85. The predicted octanol–water partition coefficient (Wildman–Crippen LogP) is 4.20. The molecule has 2 aromatic rings. The van der Waals surface area contributed by atoms with Gasteiger partial charge >= 0.3 is 12.1 Å². The molecule has 1 aliphatic carbocycles. The number of ether oxygens (including phenoxy) is 1. The molecule has 0 saturated carbocycles. The summed E-state index contributed by atoms with van der Waals surface area (Å²) >= 11 is 0. The molecule has 3 rings (SSSR count). The molecule has 2 amide bonds. The molecule has 0 aromatic heterocycles. The number of carbonyl (C=O) groups excluding carboxylic acids is 2. The van der Waals surface area contributed by atoms with Gasteiger partial charge in [-0.1, -0.05) is 48.5 Å². The van der Waals surface area contributed by atoms with Crippen LogP contribution in [-0.4, -0.2) is 41.8 Å². The fourth-order valence-electron chi connectivity index (χ4n) is 4.27. The summed E-state index contributed by atoms with van der Waals surface area (Å²) in [7, 11) is 0. The fraction of sp³-hybridized carbons (Fsp3) is 0.407. The van der Waals surface area contributed by atoms with E-state index in [-0.39, 0.29) is 12.5 Å². The third-order valence-corrected chi connectivity index (χ3v) is 6.49. The van der Waals surface area contributed by atoms with E-state index < -0.39 is 36.0 Å². The van der Waals surface area contributed by atoms with Gasteiger partial charge in [0.25, 0.3) is 0 Å². The SMILES string of the molecule is CC(NC(=O)C(CCCCC#N)NC(=O)OCC1c2ccccc2-c2ccccc21)C(C)C(=O)O. The number of alkyl carbamates (subject to hydrolysis) is 1. The van der Waals surface area contributed by atoms with Gasteiger partial charge in [-0.3, -0.25) is 9.59 Å². The van der Waals surface area contributed by atoms with E-state index in [0.29, 0.717) is 25.7 Å². The molecule has 8 nitrogen and oxygen atoms in total. The van der Waals surface area contributed by atoms with Crippen molar-refractivity contribution in [1.29, 1.82) is 5.26 Å². The Labute approximate surface area is 205 Å². The van der Waals surface area contributed by atoms with Gasteiger partial charge in [0.05, 0.1) is 12.0 Å². The van der Waals surface area contributed by atoms with Crippen LogP contribution >= 0.6 is 0 Å². The average molecular weight is 478 g/mol. The Morgan fingerprint density at radius 1 is 1.00 bits per heavy atom. The maximum Gasteiger partial charge on any atom is 0.407 e. The molecule has 0 fully saturated rings. The summed E-state index contributed by atoms with van der Waals surface area (Å²) in [4.78, 5) is 36.8. The summed E-state index contributed by atoms with van der Waals surface area (Å²) in [5.74, 6) is -2.39. The zero-order valence-electron chi connectivity index (χ0n) is 20.0. The number of hydrogen-bond donors (Lipinski definition) is 3. The quantitative estimate of drug-likeness (QED) is 0.416. The number of hydrogen-bond acceptors (Lipinski definition) is 5. The molecule has 0 bridgehead atoms. The van der Waals surface area contributed by atoms with Crippen LogP contribution in [0.2, 0.25) is 0 Å². The highest BCUT2D eigenvalue weighted by Crippen LogP contribution is 2.44. The van der Waals surface area contributed by atoms with E-state index in [0.717, 1.165) is 22.3 Å². The van der Waals surface area contributed by atoms with Crippen LogP contribution in [0.15, 0.2) is 48.5 Å². The van der Waals surface area contributed by atoms with Gasteiger partial charge in [0.1, 0.15) is 12.6 Å². The zero-order chi connectivity index (χ0) is 25.4. The molecule has 3 atom stereocenters. The summed E-state index contributed by atoms with van der Waals surface area (Å²) in [6.07, 6.45) is 1.09. The third kappa shape index (κ3) is 6.38. The molecule has 2 aromatic carbocycles. The maximum absolute atomic E-state index is 12.8. The molecule has 0 heterocycles. The highest BCUT2D eigenvalue weighted by molar-refractivity contribution is 5.86. The molecular weight excluding hydrogens is 446 g/mol. The first-order valence-corrected chi connectivity index (χ1v) is 11.8. The number of fused-ring (bicyclic) bond motifs is 3. The number of carbonyl (C=O) groups is 3. The van der Waals surface area contributed by atoms with Crippen molar-refractivity contribution in [1.82, 2.24) is 10.6 Å². The predicted molar refractivity (Wildman–Crippen MR) is 130 cm³/mol. The molecule has 1 aliphatic rings. The van der Waals surface area contributed by atoms with Gasteiger partial charge in [-0.2, -0.15) is 5.26 Å². The Morgan fingerprint density at radius 2 is 1.60 bits per heavy atom. The molecular formula is C27H31N3O5. The van der Waals surface area contributed by atoms with E-state index in [4.69, 9.17) is 10.00 Å². The Hall–Kier alpha value is -3.86. The molecule has 0 spiro atoms. The minimum absolute atomic E-state index is 0.104. The van der Waals surface area contributed by atoms with Gasteiger partial charge in [-0.05, 0) is 55.4 Å². The number of carboxylic acids is 1. The van der Waals surface area contributed by atoms with Crippen LogP contribution < -0.4 is 10.6 Å². The molecule has 184 valence electrons. The molecule has 3 N–H and O–H groups in total. The lowest BCUT2D eigenvalue weighted by Crippen LogP contribution is -2.51. The summed E-state index contributed by atoms with van der Waals surface area (Å²) in [5.41, 5.74) is 4.41. The fourth-order valence-corrected chi connectivity index (χ4v) is 4.27. The molecule has 0 aliphatic heterocycles. The number of unbranched alkanes of at least 4 members (excludes halogenated alkanes) is 2. The molecule has 35 heavy (non-hydrogen) atoms. The van der Waals surface area contributed by atoms with Crippen molar-refractivity contribution >= 4 is 18.0 Å². The van der Waals surface area contributed by atoms with Crippen molar-refractivity contribution in [2.24, 2.45) is 5.92 Å². The Balaban J connectivity index is 1.64. The van der Waals surface area contributed by atoms with Crippen LogP contribution in [0.5, 0.6) is 0 Å². The van der Waals surface area contributed by atoms with Crippen molar-refractivity contribution < 1.29 is 24.2 Å². The second-order valence-corrected chi connectivity index (χ2v) is 8.85. The van der Waals surface area contributed by atoms with E-state index >= 15 is 0 Å². The summed E-state index contributed by atoms with van der Waals surface area (Å²) < 4.78 is 5.56. The first kappa shape index (κ1) is 25.8. The van der Waals surface area contributed by atoms with Gasteiger partial charge in [0.2, 0.25) is 5.91 Å². The summed E-state index contributed by atoms with van der Waals surface area (Å²) in [6.45, 7) is 3.24. The zero-order valence-corrected chi connectivity index (χ0v) is 20.0. The first-order valence-electron chi connectivity index (χ1n) is 11.8. The normalized spacial score (nSPS) is 14.5. The smallest absolute Gasteiger partial charge is 0.407 e. The summed E-state index contributed by atoms with van der Waals surface area (Å²) in [6, 6.07) is 16.6. The van der Waals surface area contributed by atoms with E-state index in [2.05, 4.69) is 28.8 Å². The van der Waals surface area contributed by atoms with Gasteiger partial charge in [0, 0.05) is 18.4 Å². The van der Waals surface area contributed by atoms with Crippen molar-refractivity contribution in [2.45, 2.75) is 57.5 Å². The lowest BCUT2D eigenvalue weighted by Gasteiger charge is -2.23. The summed E-state index contributed by atoms with van der Waals surface area (Å²) in [5, 5.41) is 23.3. The number of rotatable bonds is 11. The van der Waals surface area contributed by atoms with Gasteiger partial charge in [-0.15, -0.1) is 0 Å². The number of nitriles is 1. The number of nitrogens with one attached hydrogen (secondary N) is 2. The van der Waals surface area contributed by atoms with Crippen LogP contribution in [0, 0.1) is 17.2 Å². The van der Waals surface area contributed by atoms with Crippen molar-refractivity contribution in [3.63, 3.8) is 0 Å². The average Bonchev–Trinajstić information content (AvgIpc) is 3.17. The van der Waals surface area contributed by atoms with E-state index in [1.54, 1.807) is 6.92 Å². The van der Waals surface area contributed by atoms with Gasteiger partial charge in [-0.25, -0.2) is 4.79 Å². The van der Waals surface area contributed by atoms with E-state index in [1.807, 2.05) is 36.4 Å².